The number of carbonyl (C=O) groups is 1. The highest BCUT2D eigenvalue weighted by atomic mass is 32.2. The molecule has 0 unspecified atom stereocenters. The van der Waals surface area contributed by atoms with Crippen molar-refractivity contribution in [2.45, 2.75) is 11.3 Å². The summed E-state index contributed by atoms with van der Waals surface area (Å²) in [5, 5.41) is 10.4. The lowest BCUT2D eigenvalue weighted by atomic mass is 10.0. The minimum Gasteiger partial charge on any atom is -0.477 e. The highest BCUT2D eigenvalue weighted by Crippen LogP contribution is 2.38. The summed E-state index contributed by atoms with van der Waals surface area (Å²) < 4.78 is 0. The minimum atomic E-state index is -0.903. The van der Waals surface area contributed by atoms with E-state index in [1.54, 1.807) is 6.20 Å². The first-order chi connectivity index (χ1) is 12.1. The smallest absolute Gasteiger partial charge is 0.346 e. The summed E-state index contributed by atoms with van der Waals surface area (Å²) in [5.74, 6) is 0.170. The molecule has 0 fully saturated rings. The van der Waals surface area contributed by atoms with E-state index in [0.29, 0.717) is 4.88 Å². The van der Waals surface area contributed by atoms with Crippen molar-refractivity contribution < 1.29 is 9.90 Å². The standard InChI is InChI=1S/C19H20N2O2S2/c1-21(2)11-4-12-24-14-8-6-13(7-9-14)16-15-5-3-10-20-18(15)25-17(16)19(22)23/h3,5-10H,4,11-12H2,1-2H3,(H,22,23). The molecule has 2 heterocycles. The number of aromatic carboxylic acids is 1. The molecule has 0 bridgehead atoms. The van der Waals surface area contributed by atoms with E-state index in [4.69, 9.17) is 0 Å². The van der Waals surface area contributed by atoms with Crippen LogP contribution in [0.15, 0.2) is 47.5 Å². The monoisotopic (exact) mass is 372 g/mol. The van der Waals surface area contributed by atoms with Gasteiger partial charge in [-0.3, -0.25) is 0 Å². The van der Waals surface area contributed by atoms with Gasteiger partial charge in [-0.05, 0) is 62.6 Å². The Bertz CT molecular complexity index is 873. The lowest BCUT2D eigenvalue weighted by Crippen LogP contribution is -2.13. The molecule has 0 saturated carbocycles. The van der Waals surface area contributed by atoms with Crippen molar-refractivity contribution in [3.8, 4) is 11.1 Å². The van der Waals surface area contributed by atoms with Gasteiger partial charge in [0.15, 0.2) is 0 Å². The van der Waals surface area contributed by atoms with Gasteiger partial charge < -0.3 is 10.0 Å². The normalized spacial score (nSPS) is 11.3. The Morgan fingerprint density at radius 3 is 2.68 bits per heavy atom. The van der Waals surface area contributed by atoms with Gasteiger partial charge in [0.05, 0.1) is 0 Å². The summed E-state index contributed by atoms with van der Waals surface area (Å²) in [5.41, 5.74) is 1.69. The van der Waals surface area contributed by atoms with Crippen LogP contribution in [0.5, 0.6) is 0 Å². The average molecular weight is 373 g/mol. The number of carboxylic acids is 1. The molecule has 2 aromatic heterocycles. The van der Waals surface area contributed by atoms with Crippen LogP contribution in [0, 0.1) is 0 Å². The van der Waals surface area contributed by atoms with E-state index in [1.165, 1.54) is 16.2 Å². The Morgan fingerprint density at radius 1 is 1.24 bits per heavy atom. The maximum absolute atomic E-state index is 11.6. The van der Waals surface area contributed by atoms with Crippen LogP contribution in [0.1, 0.15) is 16.1 Å². The molecule has 0 saturated heterocycles. The van der Waals surface area contributed by atoms with Crippen molar-refractivity contribution in [3.05, 3.63) is 47.5 Å². The maximum atomic E-state index is 11.6. The maximum Gasteiger partial charge on any atom is 0.346 e. The van der Waals surface area contributed by atoms with E-state index in [-0.39, 0.29) is 0 Å². The highest BCUT2D eigenvalue weighted by molar-refractivity contribution is 7.99. The zero-order valence-electron chi connectivity index (χ0n) is 14.2. The average Bonchev–Trinajstić information content (AvgIpc) is 2.99. The molecule has 6 heteroatoms. The molecule has 1 aromatic carbocycles. The number of pyridine rings is 1. The third-order valence-corrected chi connectivity index (χ3v) is 6.02. The number of benzene rings is 1. The van der Waals surface area contributed by atoms with Crippen molar-refractivity contribution in [1.82, 2.24) is 9.88 Å². The zero-order chi connectivity index (χ0) is 17.8. The van der Waals surface area contributed by atoms with Crippen molar-refractivity contribution in [3.63, 3.8) is 0 Å². The number of fused-ring (bicyclic) bond motifs is 1. The topological polar surface area (TPSA) is 53.4 Å². The Labute approximate surface area is 155 Å². The van der Waals surface area contributed by atoms with Gasteiger partial charge in [0, 0.05) is 22.0 Å². The summed E-state index contributed by atoms with van der Waals surface area (Å²) in [6.45, 7) is 1.08. The Kier molecular flexibility index (Phi) is 5.73. The second-order valence-corrected chi connectivity index (χ2v) is 8.16. The third kappa shape index (κ3) is 4.21. The third-order valence-electron chi connectivity index (χ3n) is 3.82. The van der Waals surface area contributed by atoms with Crippen LogP contribution in [0.4, 0.5) is 0 Å². The predicted octanol–water partition coefficient (Wildman–Crippen LogP) is 4.71. The molecule has 0 radical (unpaired) electrons. The molecule has 1 N–H and O–H groups in total. The molecule has 25 heavy (non-hydrogen) atoms. The summed E-state index contributed by atoms with van der Waals surface area (Å²) in [7, 11) is 4.17. The number of hydrogen-bond donors (Lipinski definition) is 1. The minimum absolute atomic E-state index is 0.347. The van der Waals surface area contributed by atoms with Crippen LogP contribution in [0.25, 0.3) is 21.3 Å². The van der Waals surface area contributed by atoms with E-state index < -0.39 is 5.97 Å². The van der Waals surface area contributed by atoms with Crippen molar-refractivity contribution in [1.29, 1.82) is 0 Å². The van der Waals surface area contributed by atoms with E-state index >= 15 is 0 Å². The first kappa shape index (κ1) is 17.9. The van der Waals surface area contributed by atoms with Crippen LogP contribution in [-0.4, -0.2) is 47.4 Å². The number of thioether (sulfide) groups is 1. The number of thiophene rings is 1. The van der Waals surface area contributed by atoms with Gasteiger partial charge >= 0.3 is 5.97 Å². The van der Waals surface area contributed by atoms with Crippen LogP contribution >= 0.6 is 23.1 Å². The van der Waals surface area contributed by atoms with E-state index in [2.05, 4.69) is 36.1 Å². The Hall–Kier alpha value is -1.89. The fraction of sp³-hybridized carbons (Fsp3) is 0.263. The molecule has 0 amide bonds. The number of carboxylic acid groups (broad SMARTS) is 1. The molecule has 4 nitrogen and oxygen atoms in total. The number of hydrogen-bond acceptors (Lipinski definition) is 5. The quantitative estimate of drug-likeness (QED) is 0.481. The van der Waals surface area contributed by atoms with Crippen molar-refractivity contribution in [2.24, 2.45) is 0 Å². The molecular formula is C19H20N2O2S2. The molecule has 0 aliphatic heterocycles. The molecule has 0 aliphatic rings. The van der Waals surface area contributed by atoms with Gasteiger partial charge in [0.1, 0.15) is 9.71 Å². The lowest BCUT2D eigenvalue weighted by Gasteiger charge is -2.09. The van der Waals surface area contributed by atoms with E-state index in [1.807, 2.05) is 36.0 Å². The first-order valence-corrected chi connectivity index (χ1v) is 9.85. The van der Waals surface area contributed by atoms with Crippen molar-refractivity contribution in [2.75, 3.05) is 26.4 Å². The summed E-state index contributed by atoms with van der Waals surface area (Å²) in [6, 6.07) is 11.9. The lowest BCUT2D eigenvalue weighted by molar-refractivity contribution is 0.0703. The Morgan fingerprint density at radius 2 is 2.00 bits per heavy atom. The van der Waals surface area contributed by atoms with Crippen LogP contribution in [0.3, 0.4) is 0 Å². The largest absolute Gasteiger partial charge is 0.477 e. The molecule has 3 aromatic rings. The van der Waals surface area contributed by atoms with Gasteiger partial charge in [-0.25, -0.2) is 9.78 Å². The highest BCUT2D eigenvalue weighted by Gasteiger charge is 2.19. The Balaban J connectivity index is 1.84. The van der Waals surface area contributed by atoms with Crippen LogP contribution in [0.2, 0.25) is 0 Å². The van der Waals surface area contributed by atoms with Gasteiger partial charge in [0.25, 0.3) is 0 Å². The van der Waals surface area contributed by atoms with Crippen LogP contribution in [-0.2, 0) is 0 Å². The SMILES string of the molecule is CN(C)CCCSc1ccc(-c2c(C(=O)O)sc3ncccc23)cc1. The first-order valence-electron chi connectivity index (χ1n) is 8.05. The van der Waals surface area contributed by atoms with Crippen LogP contribution < -0.4 is 0 Å². The second kappa shape index (κ2) is 7.99. The summed E-state index contributed by atoms with van der Waals surface area (Å²) in [6.07, 6.45) is 2.84. The van der Waals surface area contributed by atoms with Crippen molar-refractivity contribution >= 4 is 39.3 Å². The summed E-state index contributed by atoms with van der Waals surface area (Å²) in [4.78, 5) is 20.4. The summed E-state index contributed by atoms with van der Waals surface area (Å²) >= 11 is 3.06. The fourth-order valence-corrected chi connectivity index (χ4v) is 4.50. The van der Waals surface area contributed by atoms with Gasteiger partial charge in [-0.2, -0.15) is 0 Å². The molecule has 3 rings (SSSR count). The zero-order valence-corrected chi connectivity index (χ0v) is 15.9. The molecule has 130 valence electrons. The van der Waals surface area contributed by atoms with Gasteiger partial charge in [-0.1, -0.05) is 12.1 Å². The van der Waals surface area contributed by atoms with Gasteiger partial charge in [-0.15, -0.1) is 23.1 Å². The predicted molar refractivity (Wildman–Crippen MR) is 106 cm³/mol. The second-order valence-electron chi connectivity index (χ2n) is 6.00. The van der Waals surface area contributed by atoms with E-state index in [9.17, 15) is 9.90 Å². The molecular weight excluding hydrogens is 352 g/mol. The number of rotatable bonds is 7. The fourth-order valence-electron chi connectivity index (χ4n) is 2.66. The van der Waals surface area contributed by atoms with E-state index in [0.717, 1.165) is 40.1 Å². The molecule has 0 atom stereocenters. The molecule has 0 spiro atoms. The molecule has 0 aliphatic carbocycles. The number of aromatic nitrogens is 1. The number of nitrogens with zero attached hydrogens (tertiary/aromatic N) is 2. The van der Waals surface area contributed by atoms with Gasteiger partial charge in [0.2, 0.25) is 0 Å².